The molecule has 3 aromatic rings. The molecule has 204 valence electrons. The molecule has 4 heterocycles. The van der Waals surface area contributed by atoms with Gasteiger partial charge >= 0.3 is 6.18 Å². The van der Waals surface area contributed by atoms with Crippen molar-refractivity contribution >= 4 is 51.5 Å². The Morgan fingerprint density at radius 1 is 1.18 bits per heavy atom. The molecule has 3 saturated heterocycles. The van der Waals surface area contributed by atoms with Gasteiger partial charge in [-0.15, -0.1) is 0 Å². The molecule has 3 aliphatic heterocycles. The Morgan fingerprint density at radius 3 is 2.85 bits per heavy atom. The molecule has 39 heavy (non-hydrogen) atoms. The highest BCUT2D eigenvalue weighted by Crippen LogP contribution is 2.36. The third kappa shape index (κ3) is 5.32. The number of benzene rings is 2. The van der Waals surface area contributed by atoms with E-state index in [1.165, 1.54) is 21.7 Å². The number of ether oxygens (including phenoxy) is 1. The van der Waals surface area contributed by atoms with Gasteiger partial charge in [0.15, 0.2) is 0 Å². The molecule has 0 bridgehead atoms. The summed E-state index contributed by atoms with van der Waals surface area (Å²) < 4.78 is 48.0. The van der Waals surface area contributed by atoms with E-state index in [1.807, 2.05) is 0 Å². The molecule has 2 atom stereocenters. The fourth-order valence-electron chi connectivity index (χ4n) is 5.44. The second-order valence-corrected chi connectivity index (χ2v) is 11.4. The Labute approximate surface area is 231 Å². The number of halogens is 4. The minimum Gasteiger partial charge on any atom is -0.373 e. The summed E-state index contributed by atoms with van der Waals surface area (Å²) in [6, 6.07) is 9.40. The standard InChI is InChI=1S/C27H24ClF3N4O3S/c28-19-5-4-17(22(10-19)27(29,30)31)12-35-23-6-3-16(8-18(23)11-32-35)9-24-25(36)34(26(37)39-24)14-21-13-33-7-1-2-20(33)15-38-21/h3-6,8-11,20-21H,1-2,7,12-15H2. The predicted octanol–water partition coefficient (Wildman–Crippen LogP) is 5.66. The zero-order chi connectivity index (χ0) is 27.3. The molecule has 0 N–H and O–H groups in total. The average Bonchev–Trinajstić information content (AvgIpc) is 3.59. The lowest BCUT2D eigenvalue weighted by Gasteiger charge is -2.36. The van der Waals surface area contributed by atoms with Crippen molar-refractivity contribution in [3.8, 4) is 0 Å². The molecular weight excluding hydrogens is 553 g/mol. The van der Waals surface area contributed by atoms with Crippen molar-refractivity contribution in [1.29, 1.82) is 0 Å². The normalized spacial score (nSPS) is 23.4. The Balaban J connectivity index is 1.18. The maximum atomic E-state index is 13.5. The van der Waals surface area contributed by atoms with Crippen molar-refractivity contribution in [3.05, 3.63) is 69.2 Å². The van der Waals surface area contributed by atoms with E-state index in [2.05, 4.69) is 10.00 Å². The molecule has 2 aromatic carbocycles. The number of carbonyl (C=O) groups is 2. The molecule has 3 aliphatic rings. The maximum absolute atomic E-state index is 13.5. The van der Waals surface area contributed by atoms with Gasteiger partial charge in [-0.2, -0.15) is 18.3 Å². The van der Waals surface area contributed by atoms with E-state index in [0.717, 1.165) is 37.2 Å². The molecule has 0 radical (unpaired) electrons. The van der Waals surface area contributed by atoms with Crippen molar-refractivity contribution in [3.63, 3.8) is 0 Å². The van der Waals surface area contributed by atoms with Crippen LogP contribution in [0.1, 0.15) is 29.5 Å². The van der Waals surface area contributed by atoms with E-state index in [-0.39, 0.29) is 40.9 Å². The Bertz CT molecular complexity index is 1490. The van der Waals surface area contributed by atoms with Gasteiger partial charge < -0.3 is 4.74 Å². The Morgan fingerprint density at radius 2 is 2.03 bits per heavy atom. The molecule has 0 spiro atoms. The van der Waals surface area contributed by atoms with Crippen molar-refractivity contribution < 1.29 is 27.5 Å². The first kappa shape index (κ1) is 26.4. The summed E-state index contributed by atoms with van der Waals surface area (Å²) in [6.45, 7) is 2.50. The molecule has 6 rings (SSSR count). The van der Waals surface area contributed by atoms with E-state index in [9.17, 15) is 22.8 Å². The summed E-state index contributed by atoms with van der Waals surface area (Å²) in [6.07, 6.45) is 0.737. The molecule has 0 saturated carbocycles. The van der Waals surface area contributed by atoms with Crippen molar-refractivity contribution in [2.45, 2.75) is 37.7 Å². The largest absolute Gasteiger partial charge is 0.416 e. The number of fused-ring (bicyclic) bond motifs is 2. The second-order valence-electron chi connectivity index (χ2n) is 9.96. The van der Waals surface area contributed by atoms with Gasteiger partial charge in [-0.3, -0.25) is 24.1 Å². The Kier molecular flexibility index (Phi) is 6.95. The topological polar surface area (TPSA) is 67.7 Å². The Hall–Kier alpha value is -2.86. The highest BCUT2D eigenvalue weighted by Gasteiger charge is 2.39. The maximum Gasteiger partial charge on any atom is 0.416 e. The number of alkyl halides is 3. The number of aromatic nitrogens is 2. The van der Waals surface area contributed by atoms with Crippen LogP contribution in [0.4, 0.5) is 18.0 Å². The third-order valence-electron chi connectivity index (χ3n) is 7.38. The van der Waals surface area contributed by atoms with Crippen LogP contribution in [-0.2, 0) is 22.3 Å². The molecule has 7 nitrogen and oxygen atoms in total. The van der Waals surface area contributed by atoms with Crippen molar-refractivity contribution in [2.75, 3.05) is 26.2 Å². The molecule has 2 unspecified atom stereocenters. The third-order valence-corrected chi connectivity index (χ3v) is 8.52. The summed E-state index contributed by atoms with van der Waals surface area (Å²) in [4.78, 5) is 29.6. The van der Waals surface area contributed by atoms with Crippen molar-refractivity contribution in [1.82, 2.24) is 19.6 Å². The van der Waals surface area contributed by atoms with Crippen LogP contribution in [0.25, 0.3) is 17.0 Å². The quantitative estimate of drug-likeness (QED) is 0.365. The average molecular weight is 577 g/mol. The van der Waals surface area contributed by atoms with Crippen LogP contribution in [0.2, 0.25) is 5.02 Å². The van der Waals surface area contributed by atoms with E-state index in [4.69, 9.17) is 16.3 Å². The lowest BCUT2D eigenvalue weighted by Crippen LogP contribution is -2.50. The van der Waals surface area contributed by atoms with E-state index in [1.54, 1.807) is 30.5 Å². The lowest BCUT2D eigenvalue weighted by molar-refractivity contribution is -0.138. The number of rotatable bonds is 5. The molecule has 3 fully saturated rings. The summed E-state index contributed by atoms with van der Waals surface area (Å²) in [5.74, 6) is -0.352. The van der Waals surface area contributed by atoms with Crippen LogP contribution in [-0.4, -0.2) is 69.1 Å². The van der Waals surface area contributed by atoms with Gasteiger partial charge in [0.1, 0.15) is 0 Å². The van der Waals surface area contributed by atoms with Crippen LogP contribution in [0.3, 0.4) is 0 Å². The van der Waals surface area contributed by atoms with Gasteiger partial charge in [0.2, 0.25) is 0 Å². The van der Waals surface area contributed by atoms with Gasteiger partial charge in [0.05, 0.1) is 48.0 Å². The lowest BCUT2D eigenvalue weighted by atomic mass is 10.1. The summed E-state index contributed by atoms with van der Waals surface area (Å²) in [5.41, 5.74) is 0.573. The number of thioether (sulfide) groups is 1. The number of carbonyl (C=O) groups excluding carboxylic acids is 2. The van der Waals surface area contributed by atoms with Crippen LogP contribution < -0.4 is 0 Å². The smallest absolute Gasteiger partial charge is 0.373 e. The highest BCUT2D eigenvalue weighted by molar-refractivity contribution is 8.18. The van der Waals surface area contributed by atoms with Crippen LogP contribution >= 0.6 is 23.4 Å². The van der Waals surface area contributed by atoms with E-state index >= 15 is 0 Å². The summed E-state index contributed by atoms with van der Waals surface area (Å²) in [7, 11) is 0. The predicted molar refractivity (Wildman–Crippen MR) is 142 cm³/mol. The number of hydrogen-bond donors (Lipinski definition) is 0. The number of amides is 2. The summed E-state index contributed by atoms with van der Waals surface area (Å²) >= 11 is 6.69. The summed E-state index contributed by atoms with van der Waals surface area (Å²) in [5, 5.41) is 4.66. The van der Waals surface area contributed by atoms with Gasteiger partial charge in [-0.25, -0.2) is 0 Å². The zero-order valence-electron chi connectivity index (χ0n) is 20.7. The molecule has 12 heteroatoms. The van der Waals surface area contributed by atoms with Crippen LogP contribution in [0.5, 0.6) is 0 Å². The van der Waals surface area contributed by atoms with Crippen LogP contribution in [0, 0.1) is 0 Å². The zero-order valence-corrected chi connectivity index (χ0v) is 22.2. The van der Waals surface area contributed by atoms with Gasteiger partial charge in [0.25, 0.3) is 11.1 Å². The molecule has 0 aliphatic carbocycles. The SMILES string of the molecule is O=C1SC(=Cc2ccc3c(cnn3Cc3ccc(Cl)cc3C(F)(F)F)c2)C(=O)N1CC1CN2CCCC2CO1. The minimum absolute atomic E-state index is 0.0111. The van der Waals surface area contributed by atoms with Gasteiger partial charge in [0, 0.05) is 23.0 Å². The minimum atomic E-state index is -4.54. The molecule has 1 aromatic heterocycles. The number of nitrogens with zero attached hydrogens (tertiary/aromatic N) is 4. The molecular formula is C27H24ClF3N4O3S. The van der Waals surface area contributed by atoms with E-state index in [0.29, 0.717) is 40.6 Å². The first-order valence-electron chi connectivity index (χ1n) is 12.6. The van der Waals surface area contributed by atoms with Crippen LogP contribution in [0.15, 0.2) is 47.5 Å². The number of morpholine rings is 1. The number of hydrogen-bond acceptors (Lipinski definition) is 6. The fraction of sp³-hybridized carbons (Fsp3) is 0.370. The van der Waals surface area contributed by atoms with E-state index < -0.39 is 11.7 Å². The van der Waals surface area contributed by atoms with Gasteiger partial charge in [-0.05, 0) is 72.6 Å². The molecule has 2 amide bonds. The number of imide groups is 1. The highest BCUT2D eigenvalue weighted by atomic mass is 35.5. The first-order chi connectivity index (χ1) is 18.7. The second kappa shape index (κ2) is 10.3. The fourth-order valence-corrected chi connectivity index (χ4v) is 6.46. The monoisotopic (exact) mass is 576 g/mol. The van der Waals surface area contributed by atoms with Gasteiger partial charge in [-0.1, -0.05) is 23.7 Å². The van der Waals surface area contributed by atoms with Crippen molar-refractivity contribution in [2.24, 2.45) is 0 Å². The first-order valence-corrected chi connectivity index (χ1v) is 13.8.